The number of carbonyl (C=O) groups is 1. The first-order valence-corrected chi connectivity index (χ1v) is 8.37. The Morgan fingerprint density at radius 1 is 1.43 bits per heavy atom. The molecule has 5 nitrogen and oxygen atoms in total. The van der Waals surface area contributed by atoms with E-state index in [1.807, 2.05) is 18.3 Å². The van der Waals surface area contributed by atoms with Gasteiger partial charge in [-0.3, -0.25) is 9.89 Å². The number of aryl methyl sites for hydroxylation is 3. The van der Waals surface area contributed by atoms with Gasteiger partial charge < -0.3 is 5.32 Å². The Hall–Kier alpha value is -1.69. The topological polar surface area (TPSA) is 70.7 Å². The molecule has 0 aliphatic heterocycles. The lowest BCUT2D eigenvalue weighted by molar-refractivity contribution is 0.0953. The minimum atomic E-state index is -0.0538. The Balaban J connectivity index is 1.54. The molecule has 0 atom stereocenters. The zero-order valence-corrected chi connectivity index (χ0v) is 13.1. The summed E-state index contributed by atoms with van der Waals surface area (Å²) in [6.45, 7) is 2.63. The standard InChI is InChI=1S/C15H20N4OS/c1-2-11-10(9-17-19-11)15(20)16-8-7-14-18-12-5-3-4-6-13(12)21-14/h9H,2-8H2,1H3,(H,16,20)(H,17,19). The molecule has 0 unspecified atom stereocenters. The molecule has 0 radical (unpaired) electrons. The number of aromatic amines is 1. The van der Waals surface area contributed by atoms with Crippen LogP contribution < -0.4 is 5.32 Å². The Labute approximate surface area is 128 Å². The summed E-state index contributed by atoms with van der Waals surface area (Å²) in [6.07, 6.45) is 8.01. The van der Waals surface area contributed by atoms with Crippen LogP contribution in [0.25, 0.3) is 0 Å². The molecule has 6 heteroatoms. The van der Waals surface area contributed by atoms with E-state index in [0.717, 1.165) is 30.0 Å². The molecule has 0 aromatic carbocycles. The van der Waals surface area contributed by atoms with Crippen molar-refractivity contribution in [1.82, 2.24) is 20.5 Å². The second-order valence-electron chi connectivity index (χ2n) is 5.31. The number of nitrogens with zero attached hydrogens (tertiary/aromatic N) is 2. The lowest BCUT2D eigenvalue weighted by Crippen LogP contribution is -2.26. The summed E-state index contributed by atoms with van der Waals surface area (Å²) in [5, 5.41) is 10.9. The quantitative estimate of drug-likeness (QED) is 0.890. The fourth-order valence-electron chi connectivity index (χ4n) is 2.67. The van der Waals surface area contributed by atoms with Gasteiger partial charge in [0.1, 0.15) is 0 Å². The van der Waals surface area contributed by atoms with Crippen LogP contribution in [0.5, 0.6) is 0 Å². The summed E-state index contributed by atoms with van der Waals surface area (Å²) in [7, 11) is 0. The van der Waals surface area contributed by atoms with Crippen molar-refractivity contribution in [1.29, 1.82) is 0 Å². The molecule has 2 N–H and O–H groups in total. The van der Waals surface area contributed by atoms with Gasteiger partial charge in [0.15, 0.2) is 0 Å². The highest BCUT2D eigenvalue weighted by atomic mass is 32.1. The van der Waals surface area contributed by atoms with Crippen LogP contribution in [0.3, 0.4) is 0 Å². The molecular formula is C15H20N4OS. The smallest absolute Gasteiger partial charge is 0.254 e. The molecule has 1 aliphatic rings. The van der Waals surface area contributed by atoms with E-state index in [2.05, 4.69) is 15.5 Å². The molecule has 3 rings (SSSR count). The first-order chi connectivity index (χ1) is 10.3. The van der Waals surface area contributed by atoms with E-state index in [9.17, 15) is 4.79 Å². The number of rotatable bonds is 5. The molecule has 2 aromatic rings. The Kier molecular flexibility index (Phi) is 4.34. The highest BCUT2D eigenvalue weighted by molar-refractivity contribution is 7.11. The zero-order valence-electron chi connectivity index (χ0n) is 12.2. The van der Waals surface area contributed by atoms with E-state index in [0.29, 0.717) is 12.1 Å². The minimum Gasteiger partial charge on any atom is -0.352 e. The largest absolute Gasteiger partial charge is 0.352 e. The van der Waals surface area contributed by atoms with Gasteiger partial charge in [-0.05, 0) is 32.1 Å². The highest BCUT2D eigenvalue weighted by Gasteiger charge is 2.16. The van der Waals surface area contributed by atoms with Crippen LogP contribution in [0.4, 0.5) is 0 Å². The van der Waals surface area contributed by atoms with Crippen molar-refractivity contribution in [3.8, 4) is 0 Å². The highest BCUT2D eigenvalue weighted by Crippen LogP contribution is 2.26. The minimum absolute atomic E-state index is 0.0538. The summed E-state index contributed by atoms with van der Waals surface area (Å²) >= 11 is 1.81. The molecule has 2 aromatic heterocycles. The lowest BCUT2D eigenvalue weighted by atomic mass is 10.0. The second kappa shape index (κ2) is 6.39. The van der Waals surface area contributed by atoms with Gasteiger partial charge in [0.05, 0.1) is 22.5 Å². The van der Waals surface area contributed by atoms with Gasteiger partial charge >= 0.3 is 0 Å². The van der Waals surface area contributed by atoms with Crippen molar-refractivity contribution < 1.29 is 4.79 Å². The van der Waals surface area contributed by atoms with Crippen LogP contribution in [0, 0.1) is 0 Å². The Bertz CT molecular complexity index is 608. The third-order valence-corrected chi connectivity index (χ3v) is 5.05. The van der Waals surface area contributed by atoms with Crippen LogP contribution in [-0.4, -0.2) is 27.6 Å². The molecular weight excluding hydrogens is 284 g/mol. The van der Waals surface area contributed by atoms with Gasteiger partial charge in [-0.15, -0.1) is 11.3 Å². The monoisotopic (exact) mass is 304 g/mol. The van der Waals surface area contributed by atoms with Crippen LogP contribution in [0.1, 0.15) is 51.4 Å². The van der Waals surface area contributed by atoms with Gasteiger partial charge in [-0.2, -0.15) is 5.10 Å². The first-order valence-electron chi connectivity index (χ1n) is 7.55. The summed E-state index contributed by atoms with van der Waals surface area (Å²) in [5.41, 5.74) is 2.82. The number of thiazole rings is 1. The predicted molar refractivity (Wildman–Crippen MR) is 82.8 cm³/mol. The van der Waals surface area contributed by atoms with E-state index in [-0.39, 0.29) is 5.91 Å². The van der Waals surface area contributed by atoms with Crippen molar-refractivity contribution in [2.24, 2.45) is 0 Å². The van der Waals surface area contributed by atoms with E-state index < -0.39 is 0 Å². The maximum atomic E-state index is 12.1. The van der Waals surface area contributed by atoms with Crippen molar-refractivity contribution in [2.45, 2.75) is 45.4 Å². The van der Waals surface area contributed by atoms with Crippen LogP contribution in [0.15, 0.2) is 6.20 Å². The third kappa shape index (κ3) is 3.15. The average molecular weight is 304 g/mol. The van der Waals surface area contributed by atoms with Crippen LogP contribution in [0.2, 0.25) is 0 Å². The molecule has 0 saturated carbocycles. The SMILES string of the molecule is CCc1[nH]ncc1C(=O)NCCc1nc2c(s1)CCCC2. The number of H-pyrrole nitrogens is 1. The molecule has 112 valence electrons. The Morgan fingerprint density at radius 3 is 3.10 bits per heavy atom. The van der Waals surface area contributed by atoms with Gasteiger partial charge in [0, 0.05) is 23.5 Å². The third-order valence-electron chi connectivity index (χ3n) is 3.83. The van der Waals surface area contributed by atoms with Crippen molar-refractivity contribution >= 4 is 17.2 Å². The summed E-state index contributed by atoms with van der Waals surface area (Å²) in [5.74, 6) is -0.0538. The van der Waals surface area contributed by atoms with Gasteiger partial charge in [0.25, 0.3) is 5.91 Å². The fourth-order valence-corrected chi connectivity index (χ4v) is 3.82. The van der Waals surface area contributed by atoms with Gasteiger partial charge in [-0.25, -0.2) is 4.98 Å². The van der Waals surface area contributed by atoms with E-state index in [1.54, 1.807) is 6.20 Å². The number of aromatic nitrogens is 3. The summed E-state index contributed by atoms with van der Waals surface area (Å²) in [6, 6.07) is 0. The van der Waals surface area contributed by atoms with E-state index in [4.69, 9.17) is 4.98 Å². The normalized spacial score (nSPS) is 14.0. The van der Waals surface area contributed by atoms with E-state index >= 15 is 0 Å². The number of fused-ring (bicyclic) bond motifs is 1. The zero-order chi connectivity index (χ0) is 14.7. The maximum Gasteiger partial charge on any atom is 0.254 e. The molecule has 0 saturated heterocycles. The number of amides is 1. The summed E-state index contributed by atoms with van der Waals surface area (Å²) in [4.78, 5) is 18.2. The van der Waals surface area contributed by atoms with Gasteiger partial charge in [-0.1, -0.05) is 6.92 Å². The summed E-state index contributed by atoms with van der Waals surface area (Å²) < 4.78 is 0. The van der Waals surface area contributed by atoms with Crippen molar-refractivity contribution in [3.63, 3.8) is 0 Å². The van der Waals surface area contributed by atoms with Gasteiger partial charge in [0.2, 0.25) is 0 Å². The molecule has 0 bridgehead atoms. The van der Waals surface area contributed by atoms with Crippen LogP contribution in [-0.2, 0) is 25.7 Å². The molecule has 0 fully saturated rings. The van der Waals surface area contributed by atoms with Crippen molar-refractivity contribution in [3.05, 3.63) is 33.0 Å². The average Bonchev–Trinajstić information content (AvgIpc) is 3.12. The molecule has 1 amide bonds. The van der Waals surface area contributed by atoms with Crippen molar-refractivity contribution in [2.75, 3.05) is 6.54 Å². The fraction of sp³-hybridized carbons (Fsp3) is 0.533. The molecule has 0 spiro atoms. The molecule has 1 aliphatic carbocycles. The molecule has 2 heterocycles. The maximum absolute atomic E-state index is 12.1. The number of nitrogens with one attached hydrogen (secondary N) is 2. The number of hydrogen-bond donors (Lipinski definition) is 2. The Morgan fingerprint density at radius 2 is 2.29 bits per heavy atom. The molecule has 21 heavy (non-hydrogen) atoms. The second-order valence-corrected chi connectivity index (χ2v) is 6.47. The number of hydrogen-bond acceptors (Lipinski definition) is 4. The lowest BCUT2D eigenvalue weighted by Gasteiger charge is -2.06. The van der Waals surface area contributed by atoms with Crippen LogP contribution >= 0.6 is 11.3 Å². The number of carbonyl (C=O) groups excluding carboxylic acids is 1. The first kappa shape index (κ1) is 14.3. The van der Waals surface area contributed by atoms with E-state index in [1.165, 1.54) is 29.8 Å². The predicted octanol–water partition coefficient (Wildman–Crippen LogP) is 2.28.